The van der Waals surface area contributed by atoms with Crippen LogP contribution >= 0.6 is 0 Å². The van der Waals surface area contributed by atoms with Gasteiger partial charge < -0.3 is 9.78 Å². The first-order chi connectivity index (χ1) is 5.74. The van der Waals surface area contributed by atoms with E-state index in [0.29, 0.717) is 6.29 Å². The lowest BCUT2D eigenvalue weighted by atomic mass is 10.1. The summed E-state index contributed by atoms with van der Waals surface area (Å²) in [5, 5.41) is 0. The molecule has 0 aliphatic heterocycles. The molecule has 0 fully saturated rings. The summed E-state index contributed by atoms with van der Waals surface area (Å²) >= 11 is 0. The maximum absolute atomic E-state index is 12.8. The van der Waals surface area contributed by atoms with Crippen molar-refractivity contribution in [2.45, 2.75) is 12.8 Å². The highest BCUT2D eigenvalue weighted by molar-refractivity contribution is 5.49. The lowest BCUT2D eigenvalue weighted by molar-refractivity contribution is -0.107. The number of nitrogens with one attached hydrogen (secondary N) is 1. The molecule has 64 valence electrons. The van der Waals surface area contributed by atoms with Crippen LogP contribution in [0.5, 0.6) is 0 Å². The van der Waals surface area contributed by atoms with Crippen LogP contribution in [0.2, 0.25) is 0 Å². The van der Waals surface area contributed by atoms with Gasteiger partial charge in [0, 0.05) is 18.7 Å². The SMILES string of the molecule is O=CCCc1cc(=O)[nH]cc1F. The Kier molecular flexibility index (Phi) is 2.74. The van der Waals surface area contributed by atoms with Crippen molar-refractivity contribution in [3.05, 3.63) is 34.0 Å². The van der Waals surface area contributed by atoms with Crippen molar-refractivity contribution in [3.8, 4) is 0 Å². The third-order valence-corrected chi connectivity index (χ3v) is 1.48. The number of carbonyl (C=O) groups excluding carboxylic acids is 1. The highest BCUT2D eigenvalue weighted by Crippen LogP contribution is 2.03. The third kappa shape index (κ3) is 2.02. The van der Waals surface area contributed by atoms with Gasteiger partial charge in [-0.1, -0.05) is 0 Å². The Balaban J connectivity index is 2.89. The molecule has 3 nitrogen and oxygen atoms in total. The van der Waals surface area contributed by atoms with Crippen LogP contribution in [0.1, 0.15) is 12.0 Å². The lowest BCUT2D eigenvalue weighted by Gasteiger charge is -1.97. The third-order valence-electron chi connectivity index (χ3n) is 1.48. The zero-order valence-corrected chi connectivity index (χ0v) is 6.34. The van der Waals surface area contributed by atoms with Crippen LogP contribution in [0.4, 0.5) is 4.39 Å². The molecule has 0 spiro atoms. The first-order valence-electron chi connectivity index (χ1n) is 3.55. The van der Waals surface area contributed by atoms with Crippen LogP contribution in [0, 0.1) is 5.82 Å². The zero-order valence-electron chi connectivity index (χ0n) is 6.34. The molecule has 1 N–H and O–H groups in total. The summed E-state index contributed by atoms with van der Waals surface area (Å²) < 4.78 is 12.8. The molecule has 1 heterocycles. The van der Waals surface area contributed by atoms with Crippen molar-refractivity contribution in [2.24, 2.45) is 0 Å². The molecule has 0 atom stereocenters. The average Bonchev–Trinajstić information content (AvgIpc) is 2.07. The number of aromatic amines is 1. The van der Waals surface area contributed by atoms with Crippen molar-refractivity contribution in [1.29, 1.82) is 0 Å². The van der Waals surface area contributed by atoms with E-state index in [9.17, 15) is 14.0 Å². The highest BCUT2D eigenvalue weighted by atomic mass is 19.1. The number of halogens is 1. The Hall–Kier alpha value is -1.45. The molecule has 0 saturated carbocycles. The summed E-state index contributed by atoms with van der Waals surface area (Å²) in [6, 6.07) is 1.17. The van der Waals surface area contributed by atoms with E-state index < -0.39 is 5.82 Å². The lowest BCUT2D eigenvalue weighted by Crippen LogP contribution is -2.07. The summed E-state index contributed by atoms with van der Waals surface area (Å²) in [5.41, 5.74) is -0.0665. The number of rotatable bonds is 3. The fraction of sp³-hybridized carbons (Fsp3) is 0.250. The fourth-order valence-electron chi connectivity index (χ4n) is 0.902. The van der Waals surface area contributed by atoms with E-state index >= 15 is 0 Å². The topological polar surface area (TPSA) is 49.9 Å². The van der Waals surface area contributed by atoms with E-state index in [1.807, 2.05) is 0 Å². The van der Waals surface area contributed by atoms with E-state index in [1.165, 1.54) is 6.07 Å². The minimum absolute atomic E-state index is 0.236. The Bertz CT molecular complexity index is 332. The van der Waals surface area contributed by atoms with Gasteiger partial charge in [0.2, 0.25) is 5.56 Å². The molecule has 1 aromatic rings. The van der Waals surface area contributed by atoms with Crippen LogP contribution in [-0.4, -0.2) is 11.3 Å². The predicted molar refractivity (Wildman–Crippen MR) is 41.4 cm³/mol. The fourth-order valence-corrected chi connectivity index (χ4v) is 0.902. The second kappa shape index (κ2) is 3.80. The number of aromatic nitrogens is 1. The van der Waals surface area contributed by atoms with Crippen LogP contribution in [0.3, 0.4) is 0 Å². The molecule has 0 radical (unpaired) electrons. The van der Waals surface area contributed by atoms with Gasteiger partial charge in [-0.05, 0) is 12.0 Å². The minimum Gasteiger partial charge on any atom is -0.326 e. The number of hydrogen-bond donors (Lipinski definition) is 1. The zero-order chi connectivity index (χ0) is 8.97. The number of aryl methyl sites for hydroxylation is 1. The maximum atomic E-state index is 12.8. The predicted octanol–water partition coefficient (Wildman–Crippen LogP) is 0.645. The van der Waals surface area contributed by atoms with E-state index in [0.717, 1.165) is 6.20 Å². The number of carbonyl (C=O) groups is 1. The maximum Gasteiger partial charge on any atom is 0.248 e. The van der Waals surface area contributed by atoms with Gasteiger partial charge in [-0.3, -0.25) is 4.79 Å². The molecule has 4 heteroatoms. The van der Waals surface area contributed by atoms with E-state index in [1.54, 1.807) is 0 Å². The number of pyridine rings is 1. The first kappa shape index (κ1) is 8.64. The Morgan fingerprint density at radius 1 is 1.58 bits per heavy atom. The van der Waals surface area contributed by atoms with Crippen LogP contribution in [-0.2, 0) is 11.2 Å². The molecule has 0 aromatic carbocycles. The number of H-pyrrole nitrogens is 1. The van der Waals surface area contributed by atoms with Gasteiger partial charge in [0.15, 0.2) is 0 Å². The van der Waals surface area contributed by atoms with Gasteiger partial charge in [0.1, 0.15) is 12.1 Å². The quantitative estimate of drug-likeness (QED) is 0.675. The summed E-state index contributed by atoms with van der Waals surface area (Å²) in [6.07, 6.45) is 2.21. The normalized spacial score (nSPS) is 9.75. The highest BCUT2D eigenvalue weighted by Gasteiger charge is 2.01. The summed E-state index contributed by atoms with van der Waals surface area (Å²) in [7, 11) is 0. The van der Waals surface area contributed by atoms with E-state index in [-0.39, 0.29) is 24.0 Å². The van der Waals surface area contributed by atoms with Crippen molar-refractivity contribution in [2.75, 3.05) is 0 Å². The van der Waals surface area contributed by atoms with Gasteiger partial charge in [-0.2, -0.15) is 0 Å². The molecule has 0 aliphatic rings. The second-order valence-electron chi connectivity index (χ2n) is 2.38. The van der Waals surface area contributed by atoms with Crippen molar-refractivity contribution < 1.29 is 9.18 Å². The standard InChI is InChI=1S/C8H8FNO2/c9-7-5-10-8(12)4-6(7)2-1-3-11/h3-5H,1-2H2,(H,10,12). The molecule has 0 unspecified atom stereocenters. The summed E-state index contributed by atoms with van der Waals surface area (Å²) in [6.45, 7) is 0. The molecule has 0 bridgehead atoms. The smallest absolute Gasteiger partial charge is 0.248 e. The van der Waals surface area contributed by atoms with Gasteiger partial charge in [-0.25, -0.2) is 4.39 Å². The average molecular weight is 169 g/mol. The molecule has 1 aromatic heterocycles. The first-order valence-corrected chi connectivity index (χ1v) is 3.55. The van der Waals surface area contributed by atoms with Crippen molar-refractivity contribution in [1.82, 2.24) is 4.98 Å². The Morgan fingerprint density at radius 2 is 2.33 bits per heavy atom. The van der Waals surface area contributed by atoms with Gasteiger partial charge in [0.25, 0.3) is 0 Å². The summed E-state index contributed by atoms with van der Waals surface area (Å²) in [4.78, 5) is 22.9. The molecular formula is C8H8FNO2. The molecular weight excluding hydrogens is 161 g/mol. The van der Waals surface area contributed by atoms with Crippen LogP contribution in [0.25, 0.3) is 0 Å². The molecule has 0 amide bonds. The minimum atomic E-state index is -0.476. The number of hydrogen-bond acceptors (Lipinski definition) is 2. The molecule has 0 aliphatic carbocycles. The molecule has 1 rings (SSSR count). The monoisotopic (exact) mass is 169 g/mol. The molecule has 0 saturated heterocycles. The largest absolute Gasteiger partial charge is 0.326 e. The van der Waals surface area contributed by atoms with Crippen molar-refractivity contribution >= 4 is 6.29 Å². The second-order valence-corrected chi connectivity index (χ2v) is 2.38. The van der Waals surface area contributed by atoms with Crippen molar-refractivity contribution in [3.63, 3.8) is 0 Å². The Morgan fingerprint density at radius 3 is 3.00 bits per heavy atom. The Labute approximate surface area is 68.2 Å². The van der Waals surface area contributed by atoms with Crippen LogP contribution < -0.4 is 5.56 Å². The summed E-state index contributed by atoms with van der Waals surface area (Å²) in [5.74, 6) is -0.476. The molecule has 12 heavy (non-hydrogen) atoms. The van der Waals surface area contributed by atoms with Gasteiger partial charge in [0.05, 0.1) is 0 Å². The number of aldehydes is 1. The van der Waals surface area contributed by atoms with E-state index in [2.05, 4.69) is 4.98 Å². The van der Waals surface area contributed by atoms with Gasteiger partial charge in [-0.15, -0.1) is 0 Å². The van der Waals surface area contributed by atoms with E-state index in [4.69, 9.17) is 0 Å². The van der Waals surface area contributed by atoms with Gasteiger partial charge >= 0.3 is 0 Å². The van der Waals surface area contributed by atoms with Crippen LogP contribution in [0.15, 0.2) is 17.1 Å².